The summed E-state index contributed by atoms with van der Waals surface area (Å²) in [6.07, 6.45) is 7.45. The maximum atomic E-state index is 4.74. The van der Waals surface area contributed by atoms with E-state index in [9.17, 15) is 0 Å². The Morgan fingerprint density at radius 3 is 2.94 bits per heavy atom. The Morgan fingerprint density at radius 1 is 1.31 bits per heavy atom. The molecule has 0 aliphatic carbocycles. The van der Waals surface area contributed by atoms with Crippen molar-refractivity contribution >= 4 is 5.82 Å². The smallest absolute Gasteiger partial charge is 0.127 e. The van der Waals surface area contributed by atoms with Gasteiger partial charge >= 0.3 is 0 Å². The zero-order valence-corrected chi connectivity index (χ0v) is 10.6. The van der Waals surface area contributed by atoms with E-state index in [0.717, 1.165) is 19.5 Å². The number of hydrogen-bond donors (Lipinski definition) is 1. The van der Waals surface area contributed by atoms with Crippen LogP contribution < -0.4 is 5.32 Å². The van der Waals surface area contributed by atoms with Crippen molar-refractivity contribution in [1.82, 2.24) is 9.78 Å². The predicted octanol–water partition coefficient (Wildman–Crippen LogP) is 2.99. The Balaban J connectivity index is 2.26. The first-order valence-corrected chi connectivity index (χ1v) is 6.69. The normalized spacial score (nSPS) is 15.4. The topological polar surface area (TPSA) is 29.9 Å². The second kappa shape index (κ2) is 5.37. The van der Waals surface area contributed by atoms with Crippen molar-refractivity contribution < 1.29 is 0 Å². The van der Waals surface area contributed by atoms with Crippen LogP contribution in [0.3, 0.4) is 0 Å². The van der Waals surface area contributed by atoms with Crippen LogP contribution in [0, 0.1) is 0 Å². The summed E-state index contributed by atoms with van der Waals surface area (Å²) in [6.45, 7) is 6.49. The highest BCUT2D eigenvalue weighted by atomic mass is 15.3. The maximum Gasteiger partial charge on any atom is 0.127 e. The maximum absolute atomic E-state index is 4.74. The van der Waals surface area contributed by atoms with Gasteiger partial charge in [0.1, 0.15) is 5.82 Å². The molecule has 3 nitrogen and oxygen atoms in total. The molecule has 0 saturated heterocycles. The van der Waals surface area contributed by atoms with Crippen LogP contribution in [0.25, 0.3) is 0 Å². The Morgan fingerprint density at radius 2 is 2.19 bits per heavy atom. The molecule has 1 N–H and O–H groups in total. The van der Waals surface area contributed by atoms with E-state index in [-0.39, 0.29) is 0 Å². The van der Waals surface area contributed by atoms with Crippen molar-refractivity contribution in [3.63, 3.8) is 0 Å². The number of aryl methyl sites for hydroxylation is 2. The molecule has 1 aliphatic rings. The third kappa shape index (κ3) is 2.23. The van der Waals surface area contributed by atoms with Crippen LogP contribution >= 0.6 is 0 Å². The lowest BCUT2D eigenvalue weighted by atomic mass is 10.1. The molecule has 2 heterocycles. The molecule has 0 radical (unpaired) electrons. The Kier molecular flexibility index (Phi) is 3.86. The van der Waals surface area contributed by atoms with Crippen LogP contribution in [0.4, 0.5) is 5.82 Å². The zero-order chi connectivity index (χ0) is 11.4. The Bertz CT molecular complexity index is 341. The van der Waals surface area contributed by atoms with Crippen LogP contribution in [0.5, 0.6) is 0 Å². The fraction of sp³-hybridized carbons (Fsp3) is 0.769. The molecule has 1 aromatic rings. The molecular formula is C13H23N3. The highest BCUT2D eigenvalue weighted by Crippen LogP contribution is 2.26. The molecule has 2 rings (SSSR count). The monoisotopic (exact) mass is 221 g/mol. The molecule has 0 aromatic carbocycles. The van der Waals surface area contributed by atoms with Crippen LogP contribution in [-0.2, 0) is 19.4 Å². The summed E-state index contributed by atoms with van der Waals surface area (Å²) in [4.78, 5) is 0. The van der Waals surface area contributed by atoms with Gasteiger partial charge in [0.15, 0.2) is 0 Å². The molecule has 0 fully saturated rings. The van der Waals surface area contributed by atoms with Crippen LogP contribution in [0.15, 0.2) is 0 Å². The lowest BCUT2D eigenvalue weighted by molar-refractivity contribution is 0.640. The molecule has 0 amide bonds. The highest BCUT2D eigenvalue weighted by Gasteiger charge is 2.18. The van der Waals surface area contributed by atoms with Gasteiger partial charge in [0.2, 0.25) is 0 Å². The van der Waals surface area contributed by atoms with Crippen molar-refractivity contribution in [3.8, 4) is 0 Å². The Hall–Kier alpha value is -0.990. The molecule has 0 spiro atoms. The van der Waals surface area contributed by atoms with E-state index in [1.807, 2.05) is 0 Å². The van der Waals surface area contributed by atoms with E-state index < -0.39 is 0 Å². The van der Waals surface area contributed by atoms with Crippen LogP contribution in [0.2, 0.25) is 0 Å². The highest BCUT2D eigenvalue weighted by molar-refractivity contribution is 5.49. The van der Waals surface area contributed by atoms with Gasteiger partial charge in [0.05, 0.1) is 5.69 Å². The minimum Gasteiger partial charge on any atom is -0.370 e. The molecule has 3 heteroatoms. The van der Waals surface area contributed by atoms with Gasteiger partial charge in [-0.3, -0.25) is 0 Å². The number of aromatic nitrogens is 2. The number of fused-ring (bicyclic) bond motifs is 1. The van der Waals surface area contributed by atoms with Gasteiger partial charge in [-0.25, -0.2) is 4.68 Å². The molecule has 0 atom stereocenters. The van der Waals surface area contributed by atoms with Crippen LogP contribution in [0.1, 0.15) is 50.8 Å². The molecule has 0 unspecified atom stereocenters. The van der Waals surface area contributed by atoms with Crippen molar-refractivity contribution in [2.24, 2.45) is 0 Å². The molecule has 1 aromatic heterocycles. The van der Waals surface area contributed by atoms with Crippen molar-refractivity contribution in [3.05, 3.63) is 11.3 Å². The van der Waals surface area contributed by atoms with E-state index in [4.69, 9.17) is 5.10 Å². The minimum atomic E-state index is 0.974. The molecule has 0 bridgehead atoms. The van der Waals surface area contributed by atoms with Crippen molar-refractivity contribution in [2.75, 3.05) is 11.9 Å². The summed E-state index contributed by atoms with van der Waals surface area (Å²) < 4.78 is 2.14. The first kappa shape index (κ1) is 11.5. The van der Waals surface area contributed by atoms with Gasteiger partial charge < -0.3 is 5.32 Å². The van der Waals surface area contributed by atoms with E-state index >= 15 is 0 Å². The van der Waals surface area contributed by atoms with Gasteiger partial charge in [0.25, 0.3) is 0 Å². The lowest BCUT2D eigenvalue weighted by Gasteiger charge is -2.06. The fourth-order valence-electron chi connectivity index (χ4n) is 2.42. The second-order valence-corrected chi connectivity index (χ2v) is 4.58. The number of hydrogen-bond acceptors (Lipinski definition) is 2. The summed E-state index contributed by atoms with van der Waals surface area (Å²) >= 11 is 0. The molecule has 90 valence electrons. The molecule has 0 saturated carbocycles. The summed E-state index contributed by atoms with van der Waals surface area (Å²) in [5.74, 6) is 1.30. The summed E-state index contributed by atoms with van der Waals surface area (Å²) in [7, 11) is 0. The molecule has 1 aliphatic heterocycles. The average Bonchev–Trinajstić information content (AvgIpc) is 2.50. The summed E-state index contributed by atoms with van der Waals surface area (Å²) in [6, 6.07) is 0. The van der Waals surface area contributed by atoms with Gasteiger partial charge in [0, 0.05) is 18.7 Å². The SMILES string of the molecule is CCCCc1nn(CC)c2c1CCCCN2. The predicted molar refractivity (Wildman–Crippen MR) is 67.9 cm³/mol. The van der Waals surface area contributed by atoms with E-state index in [1.165, 1.54) is 49.2 Å². The number of rotatable bonds is 4. The average molecular weight is 221 g/mol. The van der Waals surface area contributed by atoms with E-state index in [2.05, 4.69) is 23.8 Å². The van der Waals surface area contributed by atoms with E-state index in [0.29, 0.717) is 0 Å². The molecular weight excluding hydrogens is 198 g/mol. The van der Waals surface area contributed by atoms with E-state index in [1.54, 1.807) is 0 Å². The fourth-order valence-corrected chi connectivity index (χ4v) is 2.42. The largest absolute Gasteiger partial charge is 0.370 e. The number of nitrogens with one attached hydrogen (secondary N) is 1. The Labute approximate surface area is 98.2 Å². The zero-order valence-electron chi connectivity index (χ0n) is 10.6. The third-order valence-electron chi connectivity index (χ3n) is 3.35. The minimum absolute atomic E-state index is 0.974. The van der Waals surface area contributed by atoms with Crippen molar-refractivity contribution in [2.45, 2.75) is 58.9 Å². The first-order chi connectivity index (χ1) is 7.86. The number of nitrogens with zero attached hydrogens (tertiary/aromatic N) is 2. The lowest BCUT2D eigenvalue weighted by Crippen LogP contribution is -2.07. The number of unbranched alkanes of at least 4 members (excludes halogenated alkanes) is 1. The quantitative estimate of drug-likeness (QED) is 0.847. The summed E-state index contributed by atoms with van der Waals surface area (Å²) in [5, 5.41) is 8.29. The van der Waals surface area contributed by atoms with Gasteiger partial charge in [-0.2, -0.15) is 5.10 Å². The molecule has 16 heavy (non-hydrogen) atoms. The van der Waals surface area contributed by atoms with Gasteiger partial charge in [-0.1, -0.05) is 13.3 Å². The second-order valence-electron chi connectivity index (χ2n) is 4.58. The van der Waals surface area contributed by atoms with Gasteiger partial charge in [-0.05, 0) is 39.0 Å². The first-order valence-electron chi connectivity index (χ1n) is 6.69. The standard InChI is InChI=1S/C13H23N3/c1-3-5-9-12-11-8-6-7-10-14-13(11)16(4-2)15-12/h14H,3-10H2,1-2H3. The van der Waals surface area contributed by atoms with Crippen LogP contribution in [-0.4, -0.2) is 16.3 Å². The summed E-state index contributed by atoms with van der Waals surface area (Å²) in [5.41, 5.74) is 2.83. The van der Waals surface area contributed by atoms with Crippen molar-refractivity contribution in [1.29, 1.82) is 0 Å². The third-order valence-corrected chi connectivity index (χ3v) is 3.35. The number of anilines is 1. The van der Waals surface area contributed by atoms with Gasteiger partial charge in [-0.15, -0.1) is 0 Å².